The lowest BCUT2D eigenvalue weighted by atomic mass is 9.93. The van der Waals surface area contributed by atoms with E-state index in [0.717, 1.165) is 10.8 Å². The van der Waals surface area contributed by atoms with Crippen LogP contribution in [0.4, 0.5) is 4.79 Å². The van der Waals surface area contributed by atoms with Crippen molar-refractivity contribution in [2.24, 2.45) is 0 Å². The highest BCUT2D eigenvalue weighted by Crippen LogP contribution is 2.25. The minimum Gasteiger partial charge on any atom is -0.452 e. The number of esters is 1. The smallest absolute Gasteiger partial charge is 0.413 e. The number of benzene rings is 4. The molecule has 0 unspecified atom stereocenters. The third kappa shape index (κ3) is 5.48. The molecule has 0 saturated carbocycles. The number of fused-ring (bicyclic) bond motifs is 1. The lowest BCUT2D eigenvalue weighted by Crippen LogP contribution is -2.43. The maximum Gasteiger partial charge on any atom is 0.413 e. The zero-order valence-corrected chi connectivity index (χ0v) is 18.5. The van der Waals surface area contributed by atoms with Crippen LogP contribution >= 0.6 is 0 Å². The SMILES string of the molecule is CC(=O)O[C@H](C(=O)c1ccc2ccccc2c1)[C@@H](NC(=O)Oc1ccccc1)c1ccccc1. The Morgan fingerprint density at radius 1 is 0.735 bits per heavy atom. The average molecular weight is 453 g/mol. The first-order valence-corrected chi connectivity index (χ1v) is 10.8. The van der Waals surface area contributed by atoms with Gasteiger partial charge in [-0.3, -0.25) is 9.59 Å². The molecule has 4 rings (SSSR count). The second kappa shape index (κ2) is 10.4. The maximum absolute atomic E-state index is 13.6. The van der Waals surface area contributed by atoms with Crippen molar-refractivity contribution in [3.8, 4) is 5.75 Å². The Labute approximate surface area is 197 Å². The minimum atomic E-state index is -1.30. The highest BCUT2D eigenvalue weighted by atomic mass is 16.6. The molecule has 1 N–H and O–H groups in total. The summed E-state index contributed by atoms with van der Waals surface area (Å²) in [5, 5.41) is 4.57. The molecule has 0 bridgehead atoms. The van der Waals surface area contributed by atoms with Crippen molar-refractivity contribution in [1.29, 1.82) is 0 Å². The van der Waals surface area contributed by atoms with Gasteiger partial charge in [0.05, 0.1) is 0 Å². The highest BCUT2D eigenvalue weighted by Gasteiger charge is 2.35. The summed E-state index contributed by atoms with van der Waals surface area (Å²) in [5.74, 6) is -0.732. The number of ether oxygens (including phenoxy) is 2. The van der Waals surface area contributed by atoms with Crippen LogP contribution in [0.15, 0.2) is 103 Å². The molecule has 0 heterocycles. The van der Waals surface area contributed by atoms with Gasteiger partial charge < -0.3 is 14.8 Å². The number of hydrogen-bond acceptors (Lipinski definition) is 5. The van der Waals surface area contributed by atoms with Crippen molar-refractivity contribution in [1.82, 2.24) is 5.32 Å². The molecular formula is C28H23NO5. The van der Waals surface area contributed by atoms with Gasteiger partial charge in [0, 0.05) is 12.5 Å². The van der Waals surface area contributed by atoms with Crippen LogP contribution < -0.4 is 10.1 Å². The number of para-hydroxylation sites is 1. The van der Waals surface area contributed by atoms with Gasteiger partial charge in [0.15, 0.2) is 6.10 Å². The molecule has 2 atom stereocenters. The van der Waals surface area contributed by atoms with E-state index in [-0.39, 0.29) is 0 Å². The Morgan fingerprint density at radius 3 is 2.03 bits per heavy atom. The molecule has 170 valence electrons. The topological polar surface area (TPSA) is 81.7 Å². The summed E-state index contributed by atoms with van der Waals surface area (Å²) in [6.07, 6.45) is -2.08. The summed E-state index contributed by atoms with van der Waals surface area (Å²) in [5.41, 5.74) is 0.956. The van der Waals surface area contributed by atoms with Gasteiger partial charge in [-0.1, -0.05) is 84.9 Å². The van der Waals surface area contributed by atoms with Gasteiger partial charge >= 0.3 is 12.1 Å². The fourth-order valence-electron chi connectivity index (χ4n) is 3.70. The largest absolute Gasteiger partial charge is 0.452 e. The molecule has 6 nitrogen and oxygen atoms in total. The van der Waals surface area contributed by atoms with E-state index in [4.69, 9.17) is 9.47 Å². The molecular weight excluding hydrogens is 430 g/mol. The summed E-state index contributed by atoms with van der Waals surface area (Å²) in [6, 6.07) is 29.4. The Balaban J connectivity index is 1.68. The molecule has 0 aromatic heterocycles. The standard InChI is InChI=1S/C28H23NO5/c1-19(30)33-27(26(31)23-17-16-20-10-8-9-13-22(20)18-23)25(21-11-4-2-5-12-21)29-28(32)34-24-14-6-3-7-15-24/h2-18,25,27H,1H3,(H,29,32)/t25-,27-/m0/s1. The summed E-state index contributed by atoms with van der Waals surface area (Å²) >= 11 is 0. The monoisotopic (exact) mass is 453 g/mol. The van der Waals surface area contributed by atoms with E-state index in [2.05, 4.69) is 5.32 Å². The van der Waals surface area contributed by atoms with Crippen molar-refractivity contribution in [2.45, 2.75) is 19.1 Å². The van der Waals surface area contributed by atoms with Crippen molar-refractivity contribution < 1.29 is 23.9 Å². The summed E-state index contributed by atoms with van der Waals surface area (Å²) in [4.78, 5) is 38.3. The number of amides is 1. The second-order valence-electron chi connectivity index (χ2n) is 7.69. The molecule has 0 aliphatic rings. The van der Waals surface area contributed by atoms with Gasteiger partial charge in [0.1, 0.15) is 11.8 Å². The predicted molar refractivity (Wildman–Crippen MR) is 129 cm³/mol. The molecule has 6 heteroatoms. The number of carbonyl (C=O) groups is 3. The molecule has 4 aromatic carbocycles. The lowest BCUT2D eigenvalue weighted by molar-refractivity contribution is -0.145. The van der Waals surface area contributed by atoms with Crippen LogP contribution in [-0.2, 0) is 9.53 Å². The summed E-state index contributed by atoms with van der Waals surface area (Å²) in [6.45, 7) is 1.23. The Kier molecular flexibility index (Phi) is 6.98. The molecule has 0 radical (unpaired) electrons. The number of Topliss-reactive ketones (excluding diaryl/α,β-unsaturated/α-hetero) is 1. The third-order valence-electron chi connectivity index (χ3n) is 5.27. The molecule has 0 spiro atoms. The molecule has 1 amide bonds. The second-order valence-corrected chi connectivity index (χ2v) is 7.69. The Morgan fingerprint density at radius 2 is 1.35 bits per heavy atom. The van der Waals surface area contributed by atoms with E-state index in [0.29, 0.717) is 16.9 Å². The van der Waals surface area contributed by atoms with Crippen LogP contribution in [0.1, 0.15) is 28.9 Å². The molecule has 0 aliphatic carbocycles. The third-order valence-corrected chi connectivity index (χ3v) is 5.27. The van der Waals surface area contributed by atoms with Crippen molar-refractivity contribution in [3.63, 3.8) is 0 Å². The quantitative estimate of drug-likeness (QED) is 0.296. The van der Waals surface area contributed by atoms with Gasteiger partial charge in [-0.05, 0) is 34.5 Å². The normalized spacial score (nSPS) is 12.4. The molecule has 34 heavy (non-hydrogen) atoms. The number of ketones is 1. The zero-order chi connectivity index (χ0) is 23.9. The highest BCUT2D eigenvalue weighted by molar-refractivity contribution is 6.04. The maximum atomic E-state index is 13.6. The van der Waals surface area contributed by atoms with Crippen LogP contribution in [0.25, 0.3) is 10.8 Å². The average Bonchev–Trinajstić information content (AvgIpc) is 2.86. The number of carbonyl (C=O) groups excluding carboxylic acids is 3. The number of nitrogens with one attached hydrogen (secondary N) is 1. The number of hydrogen-bond donors (Lipinski definition) is 1. The van der Waals surface area contributed by atoms with E-state index in [1.165, 1.54) is 6.92 Å². The minimum absolute atomic E-state index is 0.344. The van der Waals surface area contributed by atoms with Gasteiger partial charge in [-0.2, -0.15) is 0 Å². The number of rotatable bonds is 7. The van der Waals surface area contributed by atoms with Crippen molar-refractivity contribution in [2.75, 3.05) is 0 Å². The van der Waals surface area contributed by atoms with Crippen LogP contribution in [0.5, 0.6) is 5.75 Å². The van der Waals surface area contributed by atoms with Gasteiger partial charge in [0.25, 0.3) is 0 Å². The first-order valence-electron chi connectivity index (χ1n) is 10.8. The van der Waals surface area contributed by atoms with Gasteiger partial charge in [-0.15, -0.1) is 0 Å². The van der Waals surface area contributed by atoms with Crippen molar-refractivity contribution >= 4 is 28.6 Å². The van der Waals surface area contributed by atoms with Crippen LogP contribution in [-0.4, -0.2) is 23.9 Å². The summed E-state index contributed by atoms with van der Waals surface area (Å²) < 4.78 is 10.9. The van der Waals surface area contributed by atoms with E-state index < -0.39 is 30.0 Å². The fraction of sp³-hybridized carbons (Fsp3) is 0.107. The van der Waals surface area contributed by atoms with Crippen LogP contribution in [0, 0.1) is 0 Å². The first kappa shape index (κ1) is 22.7. The van der Waals surface area contributed by atoms with Crippen molar-refractivity contribution in [3.05, 3.63) is 114 Å². The van der Waals surface area contributed by atoms with E-state index in [9.17, 15) is 14.4 Å². The Bertz CT molecular complexity index is 1300. The molecule has 0 fully saturated rings. The molecule has 0 aliphatic heterocycles. The van der Waals surface area contributed by atoms with E-state index in [1.54, 1.807) is 66.7 Å². The Hall–Kier alpha value is -4.45. The summed E-state index contributed by atoms with van der Waals surface area (Å²) in [7, 11) is 0. The van der Waals surface area contributed by atoms with Gasteiger partial charge in [-0.25, -0.2) is 4.79 Å². The van der Waals surface area contributed by atoms with E-state index >= 15 is 0 Å². The van der Waals surface area contributed by atoms with Crippen LogP contribution in [0.2, 0.25) is 0 Å². The molecule has 0 saturated heterocycles. The zero-order valence-electron chi connectivity index (χ0n) is 18.5. The van der Waals surface area contributed by atoms with E-state index in [1.807, 2.05) is 36.4 Å². The van der Waals surface area contributed by atoms with Gasteiger partial charge in [0.2, 0.25) is 5.78 Å². The lowest BCUT2D eigenvalue weighted by Gasteiger charge is -2.27. The van der Waals surface area contributed by atoms with Crippen LogP contribution in [0.3, 0.4) is 0 Å². The molecule has 4 aromatic rings. The predicted octanol–water partition coefficient (Wildman–Crippen LogP) is 5.48. The fourth-order valence-corrected chi connectivity index (χ4v) is 3.70. The first-order chi connectivity index (χ1) is 16.5.